The Morgan fingerprint density at radius 2 is 2.00 bits per heavy atom. The summed E-state index contributed by atoms with van der Waals surface area (Å²) in [5, 5.41) is 2.54. The second-order valence-electron chi connectivity index (χ2n) is 4.06. The molecule has 7 heteroatoms. The molecule has 0 fully saturated rings. The molecule has 0 aromatic heterocycles. The largest absolute Gasteiger partial charge is 0.383 e. The second kappa shape index (κ2) is 5.84. The number of alkyl halides is 1. The molecule has 0 saturated heterocycles. The van der Waals surface area contributed by atoms with Crippen molar-refractivity contribution in [2.45, 2.75) is 24.6 Å². The van der Waals surface area contributed by atoms with Crippen LogP contribution in [-0.2, 0) is 19.4 Å². The average molecular weight is 272 g/mol. The minimum absolute atomic E-state index is 0.166. The van der Waals surface area contributed by atoms with Gasteiger partial charge in [-0.3, -0.25) is 4.79 Å². The van der Waals surface area contributed by atoms with Gasteiger partial charge in [0.15, 0.2) is 9.84 Å². The molecule has 0 rings (SSSR count). The van der Waals surface area contributed by atoms with Gasteiger partial charge < -0.3 is 10.1 Å². The molecule has 0 aliphatic heterocycles. The van der Waals surface area contributed by atoms with Gasteiger partial charge in [-0.05, 0) is 13.8 Å². The molecular weight excluding hydrogens is 254 g/mol. The molecule has 5 nitrogen and oxygen atoms in total. The topological polar surface area (TPSA) is 72.5 Å². The maximum absolute atomic E-state index is 11.8. The van der Waals surface area contributed by atoms with Crippen LogP contribution in [0.4, 0.5) is 0 Å². The minimum Gasteiger partial charge on any atom is -0.383 e. The van der Waals surface area contributed by atoms with Crippen molar-refractivity contribution < 1.29 is 17.9 Å². The number of carbonyl (C=O) groups is 1. The molecule has 0 spiro atoms. The summed E-state index contributed by atoms with van der Waals surface area (Å²) in [5.41, 5.74) is 0. The highest BCUT2D eigenvalue weighted by molar-refractivity contribution is 7.92. The van der Waals surface area contributed by atoms with Crippen LogP contribution in [0.2, 0.25) is 0 Å². The highest BCUT2D eigenvalue weighted by atomic mass is 35.5. The van der Waals surface area contributed by atoms with Gasteiger partial charge in [-0.25, -0.2) is 8.42 Å². The van der Waals surface area contributed by atoms with Crippen molar-refractivity contribution in [2.24, 2.45) is 0 Å². The maximum atomic E-state index is 11.8. The molecule has 0 saturated carbocycles. The van der Waals surface area contributed by atoms with Crippen LogP contribution < -0.4 is 5.32 Å². The normalized spacial score (nSPS) is 14.6. The third-order valence-electron chi connectivity index (χ3n) is 2.36. The quantitative estimate of drug-likeness (QED) is 0.700. The van der Waals surface area contributed by atoms with Crippen molar-refractivity contribution in [1.29, 1.82) is 0 Å². The number of hydrogen-bond donors (Lipinski definition) is 1. The van der Waals surface area contributed by atoms with Crippen molar-refractivity contribution >= 4 is 27.3 Å². The Bertz CT molecular complexity index is 339. The summed E-state index contributed by atoms with van der Waals surface area (Å²) in [6.07, 6.45) is 1.03. The summed E-state index contributed by atoms with van der Waals surface area (Å²) < 4.78 is 26.2. The Labute approximate surface area is 101 Å². The predicted molar refractivity (Wildman–Crippen MR) is 63.4 cm³/mol. The van der Waals surface area contributed by atoms with Crippen LogP contribution in [0.3, 0.4) is 0 Å². The lowest BCUT2D eigenvalue weighted by atomic mass is 10.2. The van der Waals surface area contributed by atoms with E-state index in [0.29, 0.717) is 0 Å². The number of sulfone groups is 1. The van der Waals surface area contributed by atoms with Gasteiger partial charge in [0.1, 0.15) is 4.75 Å². The van der Waals surface area contributed by atoms with Crippen LogP contribution in [0.5, 0.6) is 0 Å². The van der Waals surface area contributed by atoms with E-state index in [1.807, 2.05) is 0 Å². The highest BCUT2D eigenvalue weighted by Crippen LogP contribution is 2.15. The summed E-state index contributed by atoms with van der Waals surface area (Å²) in [4.78, 5) is 11.8. The van der Waals surface area contributed by atoms with Crippen molar-refractivity contribution in [2.75, 3.05) is 25.9 Å². The zero-order valence-electron chi connectivity index (χ0n) is 9.91. The molecular formula is C9H18ClNO4S. The molecule has 0 aromatic carbocycles. The molecule has 1 amide bonds. The molecule has 0 radical (unpaired) electrons. The number of ether oxygens (including phenoxy) is 1. The molecule has 0 aliphatic carbocycles. The van der Waals surface area contributed by atoms with Gasteiger partial charge in [-0.2, -0.15) is 0 Å². The van der Waals surface area contributed by atoms with E-state index in [-0.39, 0.29) is 18.5 Å². The number of halogens is 1. The number of rotatable bonds is 6. The number of amides is 1. The van der Waals surface area contributed by atoms with Gasteiger partial charge in [0, 0.05) is 19.2 Å². The van der Waals surface area contributed by atoms with Crippen molar-refractivity contribution in [1.82, 2.24) is 5.32 Å². The Hall–Kier alpha value is -0.330. The Kier molecular flexibility index (Phi) is 5.72. The van der Waals surface area contributed by atoms with Crippen molar-refractivity contribution in [3.05, 3.63) is 0 Å². The Morgan fingerprint density at radius 3 is 2.31 bits per heavy atom. The van der Waals surface area contributed by atoms with Crippen molar-refractivity contribution in [3.63, 3.8) is 0 Å². The SMILES string of the molecule is COCC(CCl)NC(=O)C(C)(C)S(C)(=O)=O. The van der Waals surface area contributed by atoms with Gasteiger partial charge >= 0.3 is 0 Å². The molecule has 1 atom stereocenters. The zero-order valence-corrected chi connectivity index (χ0v) is 11.5. The molecule has 0 heterocycles. The van der Waals surface area contributed by atoms with Gasteiger partial charge in [0.05, 0.1) is 12.6 Å². The Morgan fingerprint density at radius 1 is 1.50 bits per heavy atom. The van der Waals surface area contributed by atoms with Crippen LogP contribution in [0.1, 0.15) is 13.8 Å². The predicted octanol–water partition coefficient (Wildman–Crippen LogP) is 0.180. The van der Waals surface area contributed by atoms with Gasteiger partial charge in [0.25, 0.3) is 0 Å². The van der Waals surface area contributed by atoms with Gasteiger partial charge in [-0.15, -0.1) is 11.6 Å². The number of carbonyl (C=O) groups excluding carboxylic acids is 1. The van der Waals surface area contributed by atoms with Crippen LogP contribution in [-0.4, -0.2) is 51.0 Å². The molecule has 16 heavy (non-hydrogen) atoms. The monoisotopic (exact) mass is 271 g/mol. The third kappa shape index (κ3) is 3.92. The third-order valence-corrected chi connectivity index (χ3v) is 4.77. The molecule has 96 valence electrons. The fraction of sp³-hybridized carbons (Fsp3) is 0.889. The van der Waals surface area contributed by atoms with Gasteiger partial charge in [-0.1, -0.05) is 0 Å². The summed E-state index contributed by atoms with van der Waals surface area (Å²) >= 11 is 5.61. The lowest BCUT2D eigenvalue weighted by molar-refractivity contribution is -0.123. The first kappa shape index (κ1) is 15.7. The standard InChI is InChI=1S/C9H18ClNO4S/c1-9(2,16(4,13)14)8(12)11-7(5-10)6-15-3/h7H,5-6H2,1-4H3,(H,11,12). The lowest BCUT2D eigenvalue weighted by Gasteiger charge is -2.24. The first-order valence-corrected chi connectivity index (χ1v) is 7.15. The summed E-state index contributed by atoms with van der Waals surface area (Å²) in [7, 11) is -1.99. The number of nitrogens with one attached hydrogen (secondary N) is 1. The maximum Gasteiger partial charge on any atom is 0.241 e. The van der Waals surface area contributed by atoms with E-state index in [2.05, 4.69) is 5.32 Å². The van der Waals surface area contributed by atoms with Crippen molar-refractivity contribution in [3.8, 4) is 0 Å². The van der Waals surface area contributed by atoms with Crippen LogP contribution in [0, 0.1) is 0 Å². The summed E-state index contributed by atoms with van der Waals surface area (Å²) in [6.45, 7) is 2.96. The van der Waals surface area contributed by atoms with E-state index in [0.717, 1.165) is 6.26 Å². The average Bonchev–Trinajstić information content (AvgIpc) is 2.15. The second-order valence-corrected chi connectivity index (χ2v) is 6.94. The first-order chi connectivity index (χ1) is 7.16. The molecule has 0 aliphatic rings. The first-order valence-electron chi connectivity index (χ1n) is 4.72. The Balaban J connectivity index is 4.69. The van der Waals surface area contributed by atoms with E-state index < -0.39 is 20.5 Å². The molecule has 1 unspecified atom stereocenters. The lowest BCUT2D eigenvalue weighted by Crippen LogP contribution is -2.52. The summed E-state index contributed by atoms with van der Waals surface area (Å²) in [6, 6.07) is -0.389. The van der Waals surface area contributed by atoms with E-state index >= 15 is 0 Å². The van der Waals surface area contributed by atoms with Gasteiger partial charge in [0.2, 0.25) is 5.91 Å². The zero-order chi connectivity index (χ0) is 13.0. The molecule has 0 aromatic rings. The van der Waals surface area contributed by atoms with E-state index in [1.165, 1.54) is 21.0 Å². The number of methoxy groups -OCH3 is 1. The van der Waals surface area contributed by atoms with E-state index in [9.17, 15) is 13.2 Å². The molecule has 1 N–H and O–H groups in total. The van der Waals surface area contributed by atoms with E-state index in [4.69, 9.17) is 16.3 Å². The smallest absolute Gasteiger partial charge is 0.241 e. The molecule has 0 bridgehead atoms. The van der Waals surface area contributed by atoms with Crippen LogP contribution in [0.15, 0.2) is 0 Å². The minimum atomic E-state index is -3.47. The number of hydrogen-bond acceptors (Lipinski definition) is 4. The summed E-state index contributed by atoms with van der Waals surface area (Å²) in [5.74, 6) is -0.405. The highest BCUT2D eigenvalue weighted by Gasteiger charge is 2.39. The van der Waals surface area contributed by atoms with E-state index in [1.54, 1.807) is 0 Å². The van der Waals surface area contributed by atoms with Crippen LogP contribution >= 0.6 is 11.6 Å². The van der Waals surface area contributed by atoms with Crippen LogP contribution in [0.25, 0.3) is 0 Å². The fourth-order valence-corrected chi connectivity index (χ4v) is 1.42. The fourth-order valence-electron chi connectivity index (χ4n) is 0.854.